The summed E-state index contributed by atoms with van der Waals surface area (Å²) >= 11 is 0. The maximum absolute atomic E-state index is 9.26. The van der Waals surface area contributed by atoms with Crippen molar-refractivity contribution in [2.24, 2.45) is 5.16 Å². The predicted molar refractivity (Wildman–Crippen MR) is 88.4 cm³/mol. The van der Waals surface area contributed by atoms with Crippen LogP contribution in [0.5, 0.6) is 0 Å². The van der Waals surface area contributed by atoms with Gasteiger partial charge in [0.2, 0.25) is 0 Å². The molecule has 3 aromatic carbocycles. The lowest BCUT2D eigenvalue weighted by molar-refractivity contribution is 0.155. The highest BCUT2D eigenvalue weighted by Gasteiger charge is 2.06. The molecule has 0 aromatic heterocycles. The summed E-state index contributed by atoms with van der Waals surface area (Å²) in [6.45, 7) is 0.761. The molecule has 0 saturated heterocycles. The Labute approximate surface area is 129 Å². The monoisotopic (exact) mass is 291 g/mol. The van der Waals surface area contributed by atoms with Crippen LogP contribution in [0.3, 0.4) is 0 Å². The van der Waals surface area contributed by atoms with Crippen LogP contribution in [-0.4, -0.2) is 17.5 Å². The molecule has 3 heteroatoms. The van der Waals surface area contributed by atoms with E-state index >= 15 is 0 Å². The lowest BCUT2D eigenvalue weighted by Gasteiger charge is -2.08. The zero-order valence-electron chi connectivity index (χ0n) is 12.1. The molecule has 3 rings (SSSR count). The Kier molecular flexibility index (Phi) is 4.47. The minimum Gasteiger partial charge on any atom is -0.411 e. The van der Waals surface area contributed by atoms with Gasteiger partial charge >= 0.3 is 0 Å². The van der Waals surface area contributed by atoms with Crippen molar-refractivity contribution in [1.82, 2.24) is 0 Å². The highest BCUT2D eigenvalue weighted by atomic mass is 16.5. The summed E-state index contributed by atoms with van der Waals surface area (Å²) in [5.41, 5.74) is 2.49. The van der Waals surface area contributed by atoms with Gasteiger partial charge in [-0.15, -0.1) is 0 Å². The molecule has 0 aliphatic carbocycles. The van der Waals surface area contributed by atoms with Crippen LogP contribution >= 0.6 is 0 Å². The molecular weight excluding hydrogens is 274 g/mol. The molecule has 0 atom stereocenters. The van der Waals surface area contributed by atoms with Crippen molar-refractivity contribution in [3.05, 3.63) is 83.9 Å². The van der Waals surface area contributed by atoms with Crippen LogP contribution in [0.2, 0.25) is 0 Å². The number of benzene rings is 3. The number of fused-ring (bicyclic) bond motifs is 1. The second kappa shape index (κ2) is 6.87. The summed E-state index contributed by atoms with van der Waals surface area (Å²) in [5.74, 6) is 0. The Hall–Kier alpha value is -2.65. The summed E-state index contributed by atoms with van der Waals surface area (Å²) in [6, 6.07) is 24.0. The summed E-state index contributed by atoms with van der Waals surface area (Å²) in [6.07, 6.45) is 0. The molecule has 0 bridgehead atoms. The van der Waals surface area contributed by atoms with E-state index in [1.54, 1.807) is 0 Å². The van der Waals surface area contributed by atoms with Crippen molar-refractivity contribution in [1.29, 1.82) is 0 Å². The average Bonchev–Trinajstić information content (AvgIpc) is 2.59. The van der Waals surface area contributed by atoms with Gasteiger partial charge in [0.05, 0.1) is 13.2 Å². The molecule has 0 aliphatic rings. The van der Waals surface area contributed by atoms with Crippen molar-refractivity contribution in [2.75, 3.05) is 6.61 Å². The minimum atomic E-state index is 0.268. The van der Waals surface area contributed by atoms with Gasteiger partial charge in [-0.25, -0.2) is 0 Å². The predicted octanol–water partition coefficient (Wildman–Crippen LogP) is 4.23. The van der Waals surface area contributed by atoms with Crippen LogP contribution in [-0.2, 0) is 11.3 Å². The third-order valence-electron chi connectivity index (χ3n) is 3.55. The number of hydrogen-bond acceptors (Lipinski definition) is 3. The van der Waals surface area contributed by atoms with Gasteiger partial charge in [-0.05, 0) is 22.4 Å². The fourth-order valence-electron chi connectivity index (χ4n) is 2.38. The number of oxime groups is 1. The quantitative estimate of drug-likeness (QED) is 0.434. The maximum atomic E-state index is 9.26. The van der Waals surface area contributed by atoms with E-state index in [0.29, 0.717) is 12.3 Å². The third kappa shape index (κ3) is 3.32. The van der Waals surface area contributed by atoms with Crippen molar-refractivity contribution in [3.8, 4) is 0 Å². The standard InChI is InChI=1S/C19H17NO2/c21-20-19(14-22-13-15-6-2-1-3-7-15)18-11-10-16-8-4-5-9-17(16)12-18/h1-12,21H,13-14H2. The van der Waals surface area contributed by atoms with Crippen LogP contribution in [0.1, 0.15) is 11.1 Å². The summed E-state index contributed by atoms with van der Waals surface area (Å²) < 4.78 is 5.65. The Morgan fingerprint density at radius 2 is 1.59 bits per heavy atom. The Balaban J connectivity index is 1.70. The molecule has 0 heterocycles. The van der Waals surface area contributed by atoms with Gasteiger partial charge in [0.25, 0.3) is 0 Å². The highest BCUT2D eigenvalue weighted by molar-refractivity contribution is 6.04. The topological polar surface area (TPSA) is 41.8 Å². The summed E-state index contributed by atoms with van der Waals surface area (Å²) in [7, 11) is 0. The van der Waals surface area contributed by atoms with E-state index in [0.717, 1.165) is 21.9 Å². The van der Waals surface area contributed by atoms with E-state index in [9.17, 15) is 5.21 Å². The Morgan fingerprint density at radius 3 is 2.36 bits per heavy atom. The Morgan fingerprint density at radius 1 is 0.864 bits per heavy atom. The molecule has 0 aliphatic heterocycles. The van der Waals surface area contributed by atoms with Crippen molar-refractivity contribution >= 4 is 16.5 Å². The van der Waals surface area contributed by atoms with E-state index in [-0.39, 0.29) is 6.61 Å². The minimum absolute atomic E-state index is 0.268. The SMILES string of the molecule is ON=C(COCc1ccccc1)c1ccc2ccccc2c1. The van der Waals surface area contributed by atoms with E-state index < -0.39 is 0 Å². The van der Waals surface area contributed by atoms with Crippen LogP contribution in [0.25, 0.3) is 10.8 Å². The molecule has 0 saturated carbocycles. The molecule has 22 heavy (non-hydrogen) atoms. The fraction of sp³-hybridized carbons (Fsp3) is 0.105. The van der Waals surface area contributed by atoms with Gasteiger partial charge in [-0.1, -0.05) is 71.9 Å². The van der Waals surface area contributed by atoms with Gasteiger partial charge in [-0.3, -0.25) is 0 Å². The number of hydrogen-bond donors (Lipinski definition) is 1. The number of rotatable bonds is 5. The van der Waals surface area contributed by atoms with Crippen molar-refractivity contribution in [3.63, 3.8) is 0 Å². The van der Waals surface area contributed by atoms with Gasteiger partial charge in [0, 0.05) is 5.56 Å². The zero-order valence-corrected chi connectivity index (χ0v) is 12.1. The van der Waals surface area contributed by atoms with Gasteiger partial charge in [0.1, 0.15) is 5.71 Å². The van der Waals surface area contributed by atoms with Crippen molar-refractivity contribution < 1.29 is 9.94 Å². The molecule has 0 spiro atoms. The van der Waals surface area contributed by atoms with Crippen molar-refractivity contribution in [2.45, 2.75) is 6.61 Å². The molecule has 0 radical (unpaired) electrons. The lowest BCUT2D eigenvalue weighted by atomic mass is 10.0. The molecule has 0 fully saturated rings. The van der Waals surface area contributed by atoms with E-state index in [1.807, 2.05) is 66.7 Å². The summed E-state index contributed by atoms with van der Waals surface area (Å²) in [4.78, 5) is 0. The Bertz CT molecular complexity index is 782. The van der Waals surface area contributed by atoms with Crippen LogP contribution in [0.15, 0.2) is 78.0 Å². The first-order chi connectivity index (χ1) is 10.9. The number of nitrogens with zero attached hydrogens (tertiary/aromatic N) is 1. The molecule has 3 aromatic rings. The second-order valence-electron chi connectivity index (χ2n) is 5.09. The molecule has 110 valence electrons. The largest absolute Gasteiger partial charge is 0.411 e. The first kappa shape index (κ1) is 14.3. The summed E-state index contributed by atoms with van der Waals surface area (Å²) in [5, 5.41) is 14.9. The van der Waals surface area contributed by atoms with Crippen LogP contribution in [0, 0.1) is 0 Å². The number of ether oxygens (including phenoxy) is 1. The first-order valence-corrected chi connectivity index (χ1v) is 7.18. The average molecular weight is 291 g/mol. The maximum Gasteiger partial charge on any atom is 0.112 e. The normalized spacial score (nSPS) is 11.7. The van der Waals surface area contributed by atoms with Gasteiger partial charge in [-0.2, -0.15) is 0 Å². The molecule has 3 nitrogen and oxygen atoms in total. The molecule has 1 N–H and O–H groups in total. The fourth-order valence-corrected chi connectivity index (χ4v) is 2.38. The molecule has 0 amide bonds. The third-order valence-corrected chi connectivity index (χ3v) is 3.55. The van der Waals surface area contributed by atoms with Gasteiger partial charge < -0.3 is 9.94 Å². The van der Waals surface area contributed by atoms with E-state index in [1.165, 1.54) is 0 Å². The zero-order chi connectivity index (χ0) is 15.2. The van der Waals surface area contributed by atoms with E-state index in [2.05, 4.69) is 11.2 Å². The van der Waals surface area contributed by atoms with Crippen LogP contribution < -0.4 is 0 Å². The lowest BCUT2D eigenvalue weighted by Crippen LogP contribution is -2.10. The van der Waals surface area contributed by atoms with Gasteiger partial charge in [0.15, 0.2) is 0 Å². The highest BCUT2D eigenvalue weighted by Crippen LogP contribution is 2.16. The molecule has 0 unspecified atom stereocenters. The van der Waals surface area contributed by atoms with E-state index in [4.69, 9.17) is 4.74 Å². The van der Waals surface area contributed by atoms with Crippen LogP contribution in [0.4, 0.5) is 0 Å². The smallest absolute Gasteiger partial charge is 0.112 e. The second-order valence-corrected chi connectivity index (χ2v) is 5.09. The first-order valence-electron chi connectivity index (χ1n) is 7.18. The molecular formula is C19H17NO2.